The van der Waals surface area contributed by atoms with Crippen LogP contribution in [0.4, 0.5) is 5.69 Å². The van der Waals surface area contributed by atoms with Crippen molar-refractivity contribution >= 4 is 39.2 Å². The summed E-state index contributed by atoms with van der Waals surface area (Å²) in [4.78, 5) is 26.9. The molecule has 0 saturated carbocycles. The highest BCUT2D eigenvalue weighted by Crippen LogP contribution is 2.39. The van der Waals surface area contributed by atoms with Crippen LogP contribution in [0.2, 0.25) is 5.02 Å². The van der Waals surface area contributed by atoms with Crippen LogP contribution in [0.3, 0.4) is 0 Å². The number of hydrogen-bond acceptors (Lipinski definition) is 7. The number of carbonyl (C=O) groups is 2. The van der Waals surface area contributed by atoms with Gasteiger partial charge in [0.05, 0.1) is 35.4 Å². The molecule has 1 aliphatic heterocycles. The molecule has 0 spiro atoms. The molecule has 38 heavy (non-hydrogen) atoms. The first-order chi connectivity index (χ1) is 18.1. The van der Waals surface area contributed by atoms with Crippen LogP contribution in [0.15, 0.2) is 65.6 Å². The van der Waals surface area contributed by atoms with Gasteiger partial charge in [-0.3, -0.25) is 9.10 Å². The molecule has 0 saturated heterocycles. The van der Waals surface area contributed by atoms with Crippen LogP contribution in [0, 0.1) is 0 Å². The maximum absolute atomic E-state index is 13.4. The summed E-state index contributed by atoms with van der Waals surface area (Å²) in [5.74, 6) is -0.571. The molecule has 200 valence electrons. The van der Waals surface area contributed by atoms with E-state index in [0.29, 0.717) is 18.8 Å². The first-order valence-corrected chi connectivity index (χ1v) is 13.5. The van der Waals surface area contributed by atoms with Crippen LogP contribution in [0.5, 0.6) is 11.5 Å². The summed E-state index contributed by atoms with van der Waals surface area (Å²) in [6, 6.07) is 16.2. The molecule has 0 bridgehead atoms. The van der Waals surface area contributed by atoms with E-state index in [-0.39, 0.29) is 32.8 Å². The number of carbonyl (C=O) groups excluding carboxylic acids is 2. The molecule has 1 amide bonds. The van der Waals surface area contributed by atoms with Crippen LogP contribution in [-0.2, 0) is 32.5 Å². The number of methoxy groups -OCH3 is 2. The molecule has 1 heterocycles. The Labute approximate surface area is 226 Å². The fraction of sp³-hybridized carbons (Fsp3) is 0.259. The highest BCUT2D eigenvalue weighted by molar-refractivity contribution is 7.92. The Hall–Kier alpha value is -3.76. The molecule has 0 unspecified atom stereocenters. The molecule has 9 nitrogen and oxygen atoms in total. The second kappa shape index (κ2) is 11.3. The van der Waals surface area contributed by atoms with Gasteiger partial charge in [-0.25, -0.2) is 13.2 Å². The lowest BCUT2D eigenvalue weighted by Crippen LogP contribution is -2.38. The molecule has 4 rings (SSSR count). The highest BCUT2D eigenvalue weighted by atomic mass is 35.5. The predicted molar refractivity (Wildman–Crippen MR) is 142 cm³/mol. The first-order valence-electron chi connectivity index (χ1n) is 11.7. The number of nitrogens with zero attached hydrogens (tertiary/aromatic N) is 2. The molecule has 0 atom stereocenters. The van der Waals surface area contributed by atoms with Gasteiger partial charge in [0.1, 0.15) is 11.5 Å². The number of sulfonamides is 1. The van der Waals surface area contributed by atoms with Gasteiger partial charge in [0.25, 0.3) is 15.9 Å². The normalized spacial score (nSPS) is 12.9. The minimum absolute atomic E-state index is 0.00371. The van der Waals surface area contributed by atoms with Crippen molar-refractivity contribution in [3.05, 3.63) is 82.4 Å². The van der Waals surface area contributed by atoms with E-state index >= 15 is 0 Å². The van der Waals surface area contributed by atoms with Gasteiger partial charge in [0.2, 0.25) is 0 Å². The Kier molecular flexibility index (Phi) is 8.13. The van der Waals surface area contributed by atoms with Crippen LogP contribution >= 0.6 is 11.6 Å². The molecule has 0 N–H and O–H groups in total. The lowest BCUT2D eigenvalue weighted by molar-refractivity contribution is -0.135. The maximum atomic E-state index is 13.4. The molecule has 0 aliphatic carbocycles. The van der Waals surface area contributed by atoms with Crippen LogP contribution in [0.1, 0.15) is 21.5 Å². The number of benzene rings is 3. The van der Waals surface area contributed by atoms with Crippen molar-refractivity contribution < 1.29 is 32.2 Å². The van der Waals surface area contributed by atoms with Gasteiger partial charge in [0, 0.05) is 26.2 Å². The fourth-order valence-electron chi connectivity index (χ4n) is 4.17. The zero-order chi connectivity index (χ0) is 27.4. The van der Waals surface area contributed by atoms with Crippen molar-refractivity contribution in [1.29, 1.82) is 0 Å². The number of hydrogen-bond donors (Lipinski definition) is 0. The largest absolute Gasteiger partial charge is 0.495 e. The summed E-state index contributed by atoms with van der Waals surface area (Å²) in [5, 5.41) is 0.199. The van der Waals surface area contributed by atoms with Crippen molar-refractivity contribution in [1.82, 2.24) is 4.90 Å². The van der Waals surface area contributed by atoms with Crippen molar-refractivity contribution in [2.45, 2.75) is 17.9 Å². The Balaban J connectivity index is 1.47. The summed E-state index contributed by atoms with van der Waals surface area (Å²) >= 11 is 6.21. The predicted octanol–water partition coefficient (Wildman–Crippen LogP) is 3.92. The number of rotatable bonds is 8. The monoisotopic (exact) mass is 558 g/mol. The molecule has 0 radical (unpaired) electrons. The van der Waals surface area contributed by atoms with Crippen molar-refractivity contribution in [2.24, 2.45) is 0 Å². The second-order valence-electron chi connectivity index (χ2n) is 8.57. The van der Waals surface area contributed by atoms with Gasteiger partial charge in [-0.05, 0) is 41.8 Å². The van der Waals surface area contributed by atoms with E-state index in [1.165, 1.54) is 63.2 Å². The quantitative estimate of drug-likeness (QED) is 0.386. The molecule has 0 fully saturated rings. The Morgan fingerprint density at radius 2 is 1.68 bits per heavy atom. The standard InChI is InChI=1S/C27H27ClN2O7S/c1-29(23-14-22(28)24(35-2)15-25(23)36-3)38(33,34)21-10-6-9-19(13-21)27(32)37-17-26(31)30-12-11-18-7-4-5-8-20(18)16-30/h4-10,13-15H,11-12,16-17H2,1-3H3. The van der Waals surface area contributed by atoms with Crippen LogP contribution in [-0.4, -0.2) is 59.6 Å². The van der Waals surface area contributed by atoms with Gasteiger partial charge in [-0.1, -0.05) is 41.9 Å². The van der Waals surface area contributed by atoms with E-state index in [2.05, 4.69) is 0 Å². The van der Waals surface area contributed by atoms with E-state index in [1.807, 2.05) is 24.3 Å². The topological polar surface area (TPSA) is 102 Å². The molecular formula is C27H27ClN2O7S. The minimum atomic E-state index is -4.12. The molecular weight excluding hydrogens is 532 g/mol. The van der Waals surface area contributed by atoms with Crippen molar-refractivity contribution in [2.75, 3.05) is 38.7 Å². The first kappa shape index (κ1) is 27.3. The highest BCUT2D eigenvalue weighted by Gasteiger charge is 2.27. The number of amides is 1. The lowest BCUT2D eigenvalue weighted by atomic mass is 10.00. The Morgan fingerprint density at radius 3 is 2.39 bits per heavy atom. The van der Waals surface area contributed by atoms with Gasteiger partial charge >= 0.3 is 5.97 Å². The summed E-state index contributed by atoms with van der Waals surface area (Å²) in [7, 11) is 0.0519. The molecule has 0 aromatic heterocycles. The number of anilines is 1. The van der Waals surface area contributed by atoms with Crippen molar-refractivity contribution in [3.63, 3.8) is 0 Å². The molecule has 1 aliphatic rings. The molecule has 3 aromatic rings. The Morgan fingerprint density at radius 1 is 0.974 bits per heavy atom. The third-order valence-corrected chi connectivity index (χ3v) is 8.39. The van der Waals surface area contributed by atoms with Crippen molar-refractivity contribution in [3.8, 4) is 11.5 Å². The smallest absolute Gasteiger partial charge is 0.338 e. The zero-order valence-electron chi connectivity index (χ0n) is 21.1. The zero-order valence-corrected chi connectivity index (χ0v) is 22.7. The van der Waals surface area contributed by atoms with E-state index in [1.54, 1.807) is 4.90 Å². The van der Waals surface area contributed by atoms with Crippen LogP contribution in [0.25, 0.3) is 0 Å². The second-order valence-corrected chi connectivity index (χ2v) is 10.9. The van der Waals surface area contributed by atoms with E-state index in [0.717, 1.165) is 16.3 Å². The van der Waals surface area contributed by atoms with E-state index < -0.39 is 22.6 Å². The molecule has 11 heteroatoms. The third kappa shape index (κ3) is 5.56. The van der Waals surface area contributed by atoms with Crippen LogP contribution < -0.4 is 13.8 Å². The minimum Gasteiger partial charge on any atom is -0.495 e. The maximum Gasteiger partial charge on any atom is 0.338 e. The summed E-state index contributed by atoms with van der Waals surface area (Å²) in [5.41, 5.74) is 2.44. The average molecular weight is 559 g/mol. The van der Waals surface area contributed by atoms with Gasteiger partial charge in [-0.15, -0.1) is 0 Å². The fourth-order valence-corrected chi connectivity index (χ4v) is 5.65. The summed E-state index contributed by atoms with van der Waals surface area (Å²) in [6.07, 6.45) is 0.730. The van der Waals surface area contributed by atoms with E-state index in [9.17, 15) is 18.0 Å². The number of halogens is 1. The number of esters is 1. The number of fused-ring (bicyclic) bond motifs is 1. The average Bonchev–Trinajstić information content (AvgIpc) is 2.94. The number of ether oxygens (including phenoxy) is 3. The van der Waals surface area contributed by atoms with E-state index in [4.69, 9.17) is 25.8 Å². The van der Waals surface area contributed by atoms with Gasteiger partial charge in [0.15, 0.2) is 6.61 Å². The van der Waals surface area contributed by atoms with Gasteiger partial charge < -0.3 is 19.1 Å². The lowest BCUT2D eigenvalue weighted by Gasteiger charge is -2.28. The summed E-state index contributed by atoms with van der Waals surface area (Å²) < 4.78 is 43.5. The SMILES string of the molecule is COc1cc(OC)c(N(C)S(=O)(=O)c2cccc(C(=O)OCC(=O)N3CCc4ccccc4C3)c2)cc1Cl. The Bertz CT molecular complexity index is 1480. The van der Waals surface area contributed by atoms with Gasteiger partial charge in [-0.2, -0.15) is 0 Å². The molecule has 3 aromatic carbocycles. The summed E-state index contributed by atoms with van der Waals surface area (Å²) in [6.45, 7) is 0.539. The third-order valence-electron chi connectivity index (χ3n) is 6.33.